The number of rotatable bonds is 2. The van der Waals surface area contributed by atoms with Gasteiger partial charge in [0.15, 0.2) is 0 Å². The van der Waals surface area contributed by atoms with Gasteiger partial charge in [0.05, 0.1) is 6.04 Å². The summed E-state index contributed by atoms with van der Waals surface area (Å²) in [6, 6.07) is 4.20. The van der Waals surface area contributed by atoms with Crippen LogP contribution in [0.5, 0.6) is 0 Å². The number of carbonyl (C=O) groups excluding carboxylic acids is 1. The Morgan fingerprint density at radius 2 is 1.94 bits per heavy atom. The van der Waals surface area contributed by atoms with Gasteiger partial charge in [0, 0.05) is 5.69 Å². The summed E-state index contributed by atoms with van der Waals surface area (Å²) in [6.07, 6.45) is 2.08. The van der Waals surface area contributed by atoms with E-state index in [4.69, 9.17) is 0 Å². The van der Waals surface area contributed by atoms with Crippen molar-refractivity contribution in [3.63, 3.8) is 0 Å². The molecule has 98 valence electrons. The quantitative estimate of drug-likeness (QED) is 0.870. The van der Waals surface area contributed by atoms with Crippen molar-refractivity contribution in [1.82, 2.24) is 4.90 Å². The van der Waals surface area contributed by atoms with Crippen LogP contribution in [0.25, 0.3) is 0 Å². The van der Waals surface area contributed by atoms with Crippen LogP contribution >= 0.6 is 0 Å². The third kappa shape index (κ3) is 2.41. The number of hydrogen-bond donors (Lipinski definition) is 1. The number of likely N-dealkylation sites (N-methyl/N-ethyl adjacent to an activating group) is 1. The van der Waals surface area contributed by atoms with Crippen LogP contribution in [-0.2, 0) is 4.79 Å². The third-order valence-corrected chi connectivity index (χ3v) is 4.02. The maximum absolute atomic E-state index is 12.3. The normalized spacial score (nSPS) is 20.1. The van der Waals surface area contributed by atoms with Gasteiger partial charge in [-0.3, -0.25) is 9.69 Å². The zero-order chi connectivity index (χ0) is 13.3. The zero-order valence-electron chi connectivity index (χ0n) is 11.7. The van der Waals surface area contributed by atoms with Crippen LogP contribution in [0, 0.1) is 20.8 Å². The average molecular weight is 246 g/mol. The van der Waals surface area contributed by atoms with Crippen LogP contribution < -0.4 is 5.32 Å². The second-order valence-electron chi connectivity index (χ2n) is 5.33. The van der Waals surface area contributed by atoms with Crippen molar-refractivity contribution in [3.05, 3.63) is 28.8 Å². The number of carbonyl (C=O) groups is 1. The molecule has 0 aromatic heterocycles. The summed E-state index contributed by atoms with van der Waals surface area (Å²) in [4.78, 5) is 14.4. The topological polar surface area (TPSA) is 32.3 Å². The number of likely N-dealkylation sites (tertiary alicyclic amines) is 1. The monoisotopic (exact) mass is 246 g/mol. The van der Waals surface area contributed by atoms with Gasteiger partial charge in [-0.2, -0.15) is 0 Å². The van der Waals surface area contributed by atoms with E-state index in [1.54, 1.807) is 0 Å². The van der Waals surface area contributed by atoms with Gasteiger partial charge >= 0.3 is 0 Å². The predicted octanol–water partition coefficient (Wildman–Crippen LogP) is 2.64. The highest BCUT2D eigenvalue weighted by molar-refractivity contribution is 5.96. The first-order valence-electron chi connectivity index (χ1n) is 6.58. The second kappa shape index (κ2) is 5.11. The maximum Gasteiger partial charge on any atom is 0.241 e. The molecule has 1 aromatic rings. The van der Waals surface area contributed by atoms with E-state index in [9.17, 15) is 4.79 Å². The fourth-order valence-corrected chi connectivity index (χ4v) is 2.59. The molecular weight excluding hydrogens is 224 g/mol. The molecule has 3 heteroatoms. The predicted molar refractivity (Wildman–Crippen MR) is 74.9 cm³/mol. The van der Waals surface area contributed by atoms with Crippen molar-refractivity contribution in [2.75, 3.05) is 18.9 Å². The molecule has 1 saturated heterocycles. The SMILES string of the molecule is Cc1ccc(C)c(NC(=O)C2CCCN2C)c1C. The van der Waals surface area contributed by atoms with Crippen molar-refractivity contribution < 1.29 is 4.79 Å². The average Bonchev–Trinajstić information content (AvgIpc) is 2.76. The Kier molecular flexibility index (Phi) is 3.71. The van der Waals surface area contributed by atoms with E-state index < -0.39 is 0 Å². The highest BCUT2D eigenvalue weighted by Crippen LogP contribution is 2.24. The molecule has 1 aliphatic heterocycles. The zero-order valence-corrected chi connectivity index (χ0v) is 11.7. The van der Waals surface area contributed by atoms with Crippen LogP contribution in [0.15, 0.2) is 12.1 Å². The van der Waals surface area contributed by atoms with Crippen molar-refractivity contribution in [2.24, 2.45) is 0 Å². The Labute approximate surface area is 109 Å². The number of benzene rings is 1. The lowest BCUT2D eigenvalue weighted by Gasteiger charge is -2.21. The molecule has 1 aliphatic rings. The summed E-state index contributed by atoms with van der Waals surface area (Å²) in [6.45, 7) is 7.20. The summed E-state index contributed by atoms with van der Waals surface area (Å²) in [7, 11) is 2.02. The van der Waals surface area contributed by atoms with Crippen LogP contribution in [-0.4, -0.2) is 30.4 Å². The fraction of sp³-hybridized carbons (Fsp3) is 0.533. The summed E-state index contributed by atoms with van der Waals surface area (Å²) in [5.74, 6) is 0.131. The number of aryl methyl sites for hydroxylation is 2. The number of anilines is 1. The Morgan fingerprint density at radius 1 is 1.28 bits per heavy atom. The van der Waals surface area contributed by atoms with Gasteiger partial charge in [-0.05, 0) is 63.9 Å². The van der Waals surface area contributed by atoms with Gasteiger partial charge in [-0.1, -0.05) is 12.1 Å². The first kappa shape index (κ1) is 13.1. The smallest absolute Gasteiger partial charge is 0.241 e. The Balaban J connectivity index is 2.19. The van der Waals surface area contributed by atoms with Crippen LogP contribution in [0.1, 0.15) is 29.5 Å². The van der Waals surface area contributed by atoms with Gasteiger partial charge in [0.1, 0.15) is 0 Å². The van der Waals surface area contributed by atoms with E-state index in [0.717, 1.165) is 30.6 Å². The van der Waals surface area contributed by atoms with Crippen molar-refractivity contribution in [3.8, 4) is 0 Å². The number of amides is 1. The molecule has 1 amide bonds. The molecule has 1 atom stereocenters. The summed E-state index contributed by atoms with van der Waals surface area (Å²) in [5, 5.41) is 3.11. The minimum absolute atomic E-state index is 0.0318. The minimum atomic E-state index is 0.0318. The van der Waals surface area contributed by atoms with Crippen molar-refractivity contribution in [1.29, 1.82) is 0 Å². The molecule has 1 aromatic carbocycles. The lowest BCUT2D eigenvalue weighted by molar-refractivity contribution is -0.119. The molecule has 0 radical (unpaired) electrons. The number of nitrogens with one attached hydrogen (secondary N) is 1. The lowest BCUT2D eigenvalue weighted by atomic mass is 10.0. The van der Waals surface area contributed by atoms with E-state index >= 15 is 0 Å². The number of hydrogen-bond acceptors (Lipinski definition) is 2. The summed E-state index contributed by atoms with van der Waals surface area (Å²) >= 11 is 0. The minimum Gasteiger partial charge on any atom is -0.324 e. The third-order valence-electron chi connectivity index (χ3n) is 4.02. The van der Waals surface area contributed by atoms with E-state index in [0.29, 0.717) is 0 Å². The molecule has 1 heterocycles. The molecule has 1 unspecified atom stereocenters. The molecule has 3 nitrogen and oxygen atoms in total. The highest BCUT2D eigenvalue weighted by Gasteiger charge is 2.28. The summed E-state index contributed by atoms with van der Waals surface area (Å²) in [5.41, 5.74) is 4.51. The van der Waals surface area contributed by atoms with Gasteiger partial charge in [0.2, 0.25) is 5.91 Å². The standard InChI is InChI=1S/C15H22N2O/c1-10-7-8-11(2)14(12(10)3)16-15(18)13-6-5-9-17(13)4/h7-8,13H,5-6,9H2,1-4H3,(H,16,18). The van der Waals surface area contributed by atoms with Crippen LogP contribution in [0.3, 0.4) is 0 Å². The van der Waals surface area contributed by atoms with Crippen LogP contribution in [0.2, 0.25) is 0 Å². The Hall–Kier alpha value is -1.35. The molecule has 1 fully saturated rings. The van der Waals surface area contributed by atoms with Gasteiger partial charge in [-0.15, -0.1) is 0 Å². The van der Waals surface area contributed by atoms with E-state index in [-0.39, 0.29) is 11.9 Å². The van der Waals surface area contributed by atoms with Gasteiger partial charge in [-0.25, -0.2) is 0 Å². The first-order chi connectivity index (χ1) is 8.50. The first-order valence-corrected chi connectivity index (χ1v) is 6.58. The molecule has 1 N–H and O–H groups in total. The molecule has 0 aliphatic carbocycles. The lowest BCUT2D eigenvalue weighted by Crippen LogP contribution is -2.37. The Bertz CT molecular complexity index is 468. The highest BCUT2D eigenvalue weighted by atomic mass is 16.2. The molecule has 18 heavy (non-hydrogen) atoms. The molecule has 0 spiro atoms. The molecule has 2 rings (SSSR count). The van der Waals surface area contributed by atoms with E-state index in [2.05, 4.69) is 36.2 Å². The summed E-state index contributed by atoms with van der Waals surface area (Å²) < 4.78 is 0. The van der Waals surface area contributed by atoms with Crippen LogP contribution in [0.4, 0.5) is 5.69 Å². The van der Waals surface area contributed by atoms with Gasteiger partial charge < -0.3 is 5.32 Å². The maximum atomic E-state index is 12.3. The number of nitrogens with zero attached hydrogens (tertiary/aromatic N) is 1. The van der Waals surface area contributed by atoms with E-state index in [1.807, 2.05) is 14.0 Å². The van der Waals surface area contributed by atoms with E-state index in [1.165, 1.54) is 11.1 Å². The fourth-order valence-electron chi connectivity index (χ4n) is 2.59. The molecule has 0 bridgehead atoms. The van der Waals surface area contributed by atoms with Crippen molar-refractivity contribution >= 4 is 11.6 Å². The molecule has 0 saturated carbocycles. The Morgan fingerprint density at radius 3 is 2.56 bits per heavy atom. The van der Waals surface area contributed by atoms with Crippen molar-refractivity contribution in [2.45, 2.75) is 39.7 Å². The largest absolute Gasteiger partial charge is 0.324 e. The molecular formula is C15H22N2O. The van der Waals surface area contributed by atoms with Gasteiger partial charge in [0.25, 0.3) is 0 Å². The second-order valence-corrected chi connectivity index (χ2v) is 5.33.